The van der Waals surface area contributed by atoms with E-state index in [1.807, 2.05) is 30.3 Å². The summed E-state index contributed by atoms with van der Waals surface area (Å²) < 4.78 is 0. The van der Waals surface area contributed by atoms with Gasteiger partial charge in [0.2, 0.25) is 5.91 Å². The molecule has 4 rings (SSSR count). The van der Waals surface area contributed by atoms with E-state index in [0.717, 1.165) is 31.5 Å². The molecule has 0 radical (unpaired) electrons. The van der Waals surface area contributed by atoms with Crippen LogP contribution in [0.2, 0.25) is 0 Å². The quantitative estimate of drug-likeness (QED) is 0.905. The molecule has 26 heavy (non-hydrogen) atoms. The van der Waals surface area contributed by atoms with Gasteiger partial charge in [-0.2, -0.15) is 0 Å². The first-order chi connectivity index (χ1) is 12.7. The molecule has 1 amide bonds. The number of likely N-dealkylation sites (tertiary alicyclic amines) is 2. The molecule has 0 aromatic heterocycles. The summed E-state index contributed by atoms with van der Waals surface area (Å²) in [5.41, 5.74) is 0.149. The molecule has 3 fully saturated rings. The van der Waals surface area contributed by atoms with E-state index in [1.165, 1.54) is 32.1 Å². The lowest BCUT2D eigenvalue weighted by atomic mass is 9.79. The molecular weight excluding hydrogens is 324 g/mol. The standard InChI is InChI=1S/C22H32N2O2/c25-21(18-9-3-1-4-10-18)24-16-13-22(26,19-11-5-2-6-12-19)20(17-24)23-14-7-8-15-23/h2,5-6,11-12,18,20,26H,1,3-4,7-10,13-17H2. The second kappa shape index (κ2) is 7.69. The summed E-state index contributed by atoms with van der Waals surface area (Å²) in [6.07, 6.45) is 8.77. The molecule has 1 aromatic rings. The van der Waals surface area contributed by atoms with Crippen LogP contribution in [-0.4, -0.2) is 53.0 Å². The number of nitrogens with zero attached hydrogens (tertiary/aromatic N) is 2. The van der Waals surface area contributed by atoms with Crippen molar-refractivity contribution in [2.24, 2.45) is 5.92 Å². The molecule has 142 valence electrons. The molecule has 2 aliphatic heterocycles. The minimum Gasteiger partial charge on any atom is -0.383 e. The zero-order valence-corrected chi connectivity index (χ0v) is 15.8. The Balaban J connectivity index is 1.56. The van der Waals surface area contributed by atoms with Gasteiger partial charge in [-0.3, -0.25) is 9.69 Å². The van der Waals surface area contributed by atoms with Gasteiger partial charge in [0.15, 0.2) is 0 Å². The molecule has 3 aliphatic rings. The number of benzene rings is 1. The van der Waals surface area contributed by atoms with Crippen molar-refractivity contribution in [2.45, 2.75) is 63.0 Å². The average molecular weight is 357 g/mol. The van der Waals surface area contributed by atoms with Crippen LogP contribution in [0.4, 0.5) is 0 Å². The van der Waals surface area contributed by atoms with Crippen molar-refractivity contribution < 1.29 is 9.90 Å². The van der Waals surface area contributed by atoms with Crippen LogP contribution in [0, 0.1) is 5.92 Å². The Labute approximate surface area is 157 Å². The Morgan fingerprint density at radius 3 is 2.35 bits per heavy atom. The van der Waals surface area contributed by atoms with Crippen molar-refractivity contribution in [3.63, 3.8) is 0 Å². The van der Waals surface area contributed by atoms with Crippen molar-refractivity contribution in [3.8, 4) is 0 Å². The molecule has 2 heterocycles. The molecular formula is C22H32N2O2. The summed E-state index contributed by atoms with van der Waals surface area (Å²) in [6.45, 7) is 3.41. The number of aliphatic hydroxyl groups is 1. The fraction of sp³-hybridized carbons (Fsp3) is 0.682. The summed E-state index contributed by atoms with van der Waals surface area (Å²) in [4.78, 5) is 17.6. The summed E-state index contributed by atoms with van der Waals surface area (Å²) >= 11 is 0. The molecule has 4 nitrogen and oxygen atoms in total. The zero-order valence-electron chi connectivity index (χ0n) is 15.8. The first-order valence-corrected chi connectivity index (χ1v) is 10.5. The van der Waals surface area contributed by atoms with E-state index in [9.17, 15) is 9.90 Å². The number of piperidine rings is 1. The van der Waals surface area contributed by atoms with E-state index in [2.05, 4.69) is 9.80 Å². The molecule has 4 heteroatoms. The first-order valence-electron chi connectivity index (χ1n) is 10.5. The highest BCUT2D eigenvalue weighted by molar-refractivity contribution is 5.79. The lowest BCUT2D eigenvalue weighted by Gasteiger charge is -2.49. The largest absolute Gasteiger partial charge is 0.383 e. The number of carbonyl (C=O) groups is 1. The van der Waals surface area contributed by atoms with E-state index in [4.69, 9.17) is 0 Å². The molecule has 1 aliphatic carbocycles. The van der Waals surface area contributed by atoms with Gasteiger partial charge in [0.1, 0.15) is 5.60 Å². The topological polar surface area (TPSA) is 43.8 Å². The van der Waals surface area contributed by atoms with Gasteiger partial charge >= 0.3 is 0 Å². The maximum atomic E-state index is 13.1. The van der Waals surface area contributed by atoms with Crippen LogP contribution in [0.25, 0.3) is 0 Å². The van der Waals surface area contributed by atoms with Gasteiger partial charge in [0, 0.05) is 19.0 Å². The van der Waals surface area contributed by atoms with Crippen molar-refractivity contribution in [3.05, 3.63) is 35.9 Å². The average Bonchev–Trinajstić information content (AvgIpc) is 3.24. The smallest absolute Gasteiger partial charge is 0.225 e. The van der Waals surface area contributed by atoms with Gasteiger partial charge in [-0.1, -0.05) is 49.6 Å². The second-order valence-corrected chi connectivity index (χ2v) is 8.42. The number of hydrogen-bond donors (Lipinski definition) is 1. The third kappa shape index (κ3) is 3.41. The molecule has 2 atom stereocenters. The maximum Gasteiger partial charge on any atom is 0.225 e. The number of hydrogen-bond acceptors (Lipinski definition) is 3. The number of amides is 1. The first kappa shape index (κ1) is 18.0. The van der Waals surface area contributed by atoms with E-state index in [0.29, 0.717) is 25.4 Å². The molecule has 2 unspecified atom stereocenters. The molecule has 1 N–H and O–H groups in total. The van der Waals surface area contributed by atoms with Crippen LogP contribution in [0.3, 0.4) is 0 Å². The van der Waals surface area contributed by atoms with Gasteiger partial charge in [-0.05, 0) is 50.8 Å². The Kier molecular flexibility index (Phi) is 5.32. The van der Waals surface area contributed by atoms with Crippen LogP contribution in [-0.2, 0) is 10.4 Å². The third-order valence-electron chi connectivity index (χ3n) is 6.83. The number of carbonyl (C=O) groups excluding carboxylic acids is 1. The van der Waals surface area contributed by atoms with E-state index < -0.39 is 5.60 Å². The minimum absolute atomic E-state index is 0.00805. The van der Waals surface area contributed by atoms with E-state index >= 15 is 0 Å². The molecule has 1 aromatic carbocycles. The highest BCUT2D eigenvalue weighted by Crippen LogP contribution is 2.38. The maximum absolute atomic E-state index is 13.1. The lowest BCUT2D eigenvalue weighted by molar-refractivity contribution is -0.148. The minimum atomic E-state index is -0.852. The lowest BCUT2D eigenvalue weighted by Crippen LogP contribution is -2.61. The number of rotatable bonds is 3. The Morgan fingerprint density at radius 2 is 1.65 bits per heavy atom. The van der Waals surface area contributed by atoms with Crippen molar-refractivity contribution >= 4 is 5.91 Å². The molecule has 1 saturated carbocycles. The predicted octanol–water partition coefficient (Wildman–Crippen LogP) is 3.15. The summed E-state index contributed by atoms with van der Waals surface area (Å²) in [5, 5.41) is 11.7. The Bertz CT molecular complexity index is 608. The van der Waals surface area contributed by atoms with Crippen molar-refractivity contribution in [2.75, 3.05) is 26.2 Å². The van der Waals surface area contributed by atoms with Crippen LogP contribution in [0.1, 0.15) is 56.9 Å². The molecule has 2 saturated heterocycles. The van der Waals surface area contributed by atoms with E-state index in [1.54, 1.807) is 0 Å². The van der Waals surface area contributed by atoms with Crippen LogP contribution in [0.5, 0.6) is 0 Å². The van der Waals surface area contributed by atoms with Gasteiger partial charge in [-0.25, -0.2) is 0 Å². The Morgan fingerprint density at radius 1 is 0.962 bits per heavy atom. The van der Waals surface area contributed by atoms with Gasteiger partial charge < -0.3 is 10.0 Å². The highest BCUT2D eigenvalue weighted by atomic mass is 16.3. The van der Waals surface area contributed by atoms with Gasteiger partial charge in [0.25, 0.3) is 0 Å². The summed E-state index contributed by atoms with van der Waals surface area (Å²) in [6, 6.07) is 10.1. The van der Waals surface area contributed by atoms with E-state index in [-0.39, 0.29) is 12.0 Å². The third-order valence-corrected chi connectivity index (χ3v) is 6.83. The van der Waals surface area contributed by atoms with Crippen molar-refractivity contribution in [1.29, 1.82) is 0 Å². The fourth-order valence-electron chi connectivity index (χ4n) is 5.27. The highest BCUT2D eigenvalue weighted by Gasteiger charge is 2.47. The van der Waals surface area contributed by atoms with Crippen LogP contribution in [0.15, 0.2) is 30.3 Å². The van der Waals surface area contributed by atoms with Crippen LogP contribution >= 0.6 is 0 Å². The Hall–Kier alpha value is -1.39. The SMILES string of the molecule is O=C(C1CCCCC1)N1CCC(O)(c2ccccc2)C(N2CCCC2)C1. The normalized spacial score (nSPS) is 31.3. The summed E-state index contributed by atoms with van der Waals surface area (Å²) in [5.74, 6) is 0.551. The van der Waals surface area contributed by atoms with Gasteiger partial charge in [-0.15, -0.1) is 0 Å². The monoisotopic (exact) mass is 356 g/mol. The second-order valence-electron chi connectivity index (χ2n) is 8.42. The zero-order chi connectivity index (χ0) is 18.0. The van der Waals surface area contributed by atoms with Crippen molar-refractivity contribution in [1.82, 2.24) is 9.80 Å². The molecule has 0 bridgehead atoms. The van der Waals surface area contributed by atoms with Gasteiger partial charge in [0.05, 0.1) is 6.04 Å². The van der Waals surface area contributed by atoms with Crippen LogP contribution < -0.4 is 0 Å². The summed E-state index contributed by atoms with van der Waals surface area (Å²) in [7, 11) is 0. The fourth-order valence-corrected chi connectivity index (χ4v) is 5.27. The predicted molar refractivity (Wildman–Crippen MR) is 103 cm³/mol. The molecule has 0 spiro atoms.